The Balaban J connectivity index is 1.84. The van der Waals surface area contributed by atoms with Gasteiger partial charge in [-0.1, -0.05) is 38.1 Å². The van der Waals surface area contributed by atoms with Crippen molar-refractivity contribution in [3.05, 3.63) is 35.4 Å². The van der Waals surface area contributed by atoms with E-state index in [1.165, 1.54) is 11.1 Å². The van der Waals surface area contributed by atoms with E-state index in [0.717, 1.165) is 25.7 Å². The summed E-state index contributed by atoms with van der Waals surface area (Å²) in [5, 5.41) is 3.11. The third kappa shape index (κ3) is 4.85. The summed E-state index contributed by atoms with van der Waals surface area (Å²) in [5.41, 5.74) is 8.62. The molecule has 3 N–H and O–H groups in total. The maximum absolute atomic E-state index is 12.2. The summed E-state index contributed by atoms with van der Waals surface area (Å²) in [6.45, 7) is 4.84. The molecule has 0 saturated carbocycles. The zero-order valence-electron chi connectivity index (χ0n) is 13.3. The van der Waals surface area contributed by atoms with Gasteiger partial charge >= 0.3 is 0 Å². The van der Waals surface area contributed by atoms with E-state index < -0.39 is 0 Å². The number of nitrogens with two attached hydrogens (primary N) is 1. The standard InChI is InChI=1S/C18H28N2O/c1-13(2)9-17(12-19)20-18(21)11-14-7-8-15-5-3-4-6-16(15)10-14/h3-6,13-14,17H,7-12,19H2,1-2H3,(H,20,21). The molecule has 1 aromatic carbocycles. The van der Waals surface area contributed by atoms with Gasteiger partial charge in [-0.3, -0.25) is 4.79 Å². The monoisotopic (exact) mass is 288 g/mol. The van der Waals surface area contributed by atoms with Crippen LogP contribution in [0.1, 0.15) is 44.2 Å². The molecule has 0 bridgehead atoms. The number of benzene rings is 1. The van der Waals surface area contributed by atoms with Gasteiger partial charge in [0.2, 0.25) is 5.91 Å². The molecular formula is C18H28N2O. The summed E-state index contributed by atoms with van der Waals surface area (Å²) in [6, 6.07) is 8.71. The van der Waals surface area contributed by atoms with Crippen LogP contribution in [-0.4, -0.2) is 18.5 Å². The van der Waals surface area contributed by atoms with Crippen molar-refractivity contribution < 1.29 is 4.79 Å². The van der Waals surface area contributed by atoms with Gasteiger partial charge in [0.25, 0.3) is 0 Å². The average molecular weight is 288 g/mol. The molecule has 1 amide bonds. The van der Waals surface area contributed by atoms with E-state index >= 15 is 0 Å². The van der Waals surface area contributed by atoms with Crippen LogP contribution in [0, 0.1) is 11.8 Å². The molecule has 0 aliphatic heterocycles. The summed E-state index contributed by atoms with van der Waals surface area (Å²) < 4.78 is 0. The number of amides is 1. The second-order valence-electron chi connectivity index (χ2n) is 6.71. The van der Waals surface area contributed by atoms with Crippen LogP contribution in [0.5, 0.6) is 0 Å². The highest BCUT2D eigenvalue weighted by molar-refractivity contribution is 5.76. The van der Waals surface area contributed by atoms with Crippen LogP contribution in [0.25, 0.3) is 0 Å². The second-order valence-corrected chi connectivity index (χ2v) is 6.71. The van der Waals surface area contributed by atoms with Crippen LogP contribution in [-0.2, 0) is 17.6 Å². The molecule has 0 spiro atoms. The first-order valence-corrected chi connectivity index (χ1v) is 8.14. The van der Waals surface area contributed by atoms with Gasteiger partial charge in [0.15, 0.2) is 0 Å². The summed E-state index contributed by atoms with van der Waals surface area (Å²) in [6.07, 6.45) is 4.82. The van der Waals surface area contributed by atoms with Crippen LogP contribution < -0.4 is 11.1 Å². The van der Waals surface area contributed by atoms with Gasteiger partial charge in [0, 0.05) is 19.0 Å². The molecule has 0 heterocycles. The number of hydrogen-bond acceptors (Lipinski definition) is 2. The van der Waals surface area contributed by atoms with Crippen molar-refractivity contribution in [3.8, 4) is 0 Å². The molecule has 116 valence electrons. The van der Waals surface area contributed by atoms with Crippen molar-refractivity contribution >= 4 is 5.91 Å². The molecule has 3 nitrogen and oxygen atoms in total. The average Bonchev–Trinajstić information content (AvgIpc) is 2.45. The lowest BCUT2D eigenvalue weighted by molar-refractivity contribution is -0.122. The van der Waals surface area contributed by atoms with Gasteiger partial charge in [-0.15, -0.1) is 0 Å². The van der Waals surface area contributed by atoms with E-state index in [-0.39, 0.29) is 11.9 Å². The Hall–Kier alpha value is -1.35. The van der Waals surface area contributed by atoms with Crippen molar-refractivity contribution in [2.24, 2.45) is 17.6 Å². The number of aryl methyl sites for hydroxylation is 1. The lowest BCUT2D eigenvalue weighted by Gasteiger charge is -2.25. The van der Waals surface area contributed by atoms with Crippen molar-refractivity contribution in [1.82, 2.24) is 5.32 Å². The Morgan fingerprint density at radius 3 is 2.71 bits per heavy atom. The normalized spacial score (nSPS) is 19.1. The topological polar surface area (TPSA) is 55.1 Å². The lowest BCUT2D eigenvalue weighted by atomic mass is 9.82. The Morgan fingerprint density at radius 1 is 1.33 bits per heavy atom. The highest BCUT2D eigenvalue weighted by atomic mass is 16.1. The fourth-order valence-electron chi connectivity index (χ4n) is 3.28. The minimum absolute atomic E-state index is 0.119. The maximum Gasteiger partial charge on any atom is 0.220 e. The quantitative estimate of drug-likeness (QED) is 0.845. The molecule has 1 aliphatic carbocycles. The molecule has 1 aliphatic rings. The van der Waals surface area contributed by atoms with Crippen LogP contribution in [0.4, 0.5) is 0 Å². The fraction of sp³-hybridized carbons (Fsp3) is 0.611. The first-order valence-electron chi connectivity index (χ1n) is 8.14. The fourth-order valence-corrected chi connectivity index (χ4v) is 3.28. The zero-order valence-corrected chi connectivity index (χ0v) is 13.3. The molecule has 0 fully saturated rings. The van der Waals surface area contributed by atoms with Crippen LogP contribution in [0.15, 0.2) is 24.3 Å². The van der Waals surface area contributed by atoms with Crippen molar-refractivity contribution in [3.63, 3.8) is 0 Å². The number of carbonyl (C=O) groups is 1. The summed E-state index contributed by atoms with van der Waals surface area (Å²) in [5.74, 6) is 1.19. The van der Waals surface area contributed by atoms with Crippen molar-refractivity contribution in [2.45, 2.75) is 52.0 Å². The third-order valence-corrected chi connectivity index (χ3v) is 4.33. The van der Waals surface area contributed by atoms with E-state index in [1.807, 2.05) is 0 Å². The molecule has 2 atom stereocenters. The van der Waals surface area contributed by atoms with Gasteiger partial charge in [0.05, 0.1) is 0 Å². The highest BCUT2D eigenvalue weighted by Crippen LogP contribution is 2.27. The Bertz CT molecular complexity index is 470. The smallest absolute Gasteiger partial charge is 0.220 e. The Kier molecular flexibility index (Phi) is 5.80. The van der Waals surface area contributed by atoms with Gasteiger partial charge in [0.1, 0.15) is 0 Å². The van der Waals surface area contributed by atoms with E-state index in [1.54, 1.807) is 0 Å². The van der Waals surface area contributed by atoms with Crippen molar-refractivity contribution in [1.29, 1.82) is 0 Å². The second kappa shape index (κ2) is 7.60. The molecule has 1 aromatic rings. The van der Waals surface area contributed by atoms with Crippen LogP contribution >= 0.6 is 0 Å². The number of fused-ring (bicyclic) bond motifs is 1. The van der Waals surface area contributed by atoms with Gasteiger partial charge in [-0.05, 0) is 48.6 Å². The molecular weight excluding hydrogens is 260 g/mol. The SMILES string of the molecule is CC(C)CC(CN)NC(=O)CC1CCc2ccccc2C1. The molecule has 2 rings (SSSR count). The predicted molar refractivity (Wildman–Crippen MR) is 87.0 cm³/mol. The Morgan fingerprint density at radius 2 is 2.05 bits per heavy atom. The minimum atomic E-state index is 0.119. The predicted octanol–water partition coefficient (Wildman–Crippen LogP) is 2.67. The summed E-state index contributed by atoms with van der Waals surface area (Å²) in [7, 11) is 0. The molecule has 0 saturated heterocycles. The highest BCUT2D eigenvalue weighted by Gasteiger charge is 2.22. The minimum Gasteiger partial charge on any atom is -0.352 e. The van der Waals surface area contributed by atoms with Gasteiger partial charge in [-0.25, -0.2) is 0 Å². The number of nitrogens with one attached hydrogen (secondary N) is 1. The maximum atomic E-state index is 12.2. The van der Waals surface area contributed by atoms with Crippen molar-refractivity contribution in [2.75, 3.05) is 6.54 Å². The first kappa shape index (κ1) is 16.0. The summed E-state index contributed by atoms with van der Waals surface area (Å²) >= 11 is 0. The lowest BCUT2D eigenvalue weighted by Crippen LogP contribution is -2.41. The van der Waals surface area contributed by atoms with Gasteiger partial charge < -0.3 is 11.1 Å². The largest absolute Gasteiger partial charge is 0.352 e. The third-order valence-electron chi connectivity index (χ3n) is 4.33. The van der Waals surface area contributed by atoms with E-state index in [0.29, 0.717) is 24.8 Å². The number of rotatable bonds is 6. The first-order chi connectivity index (χ1) is 10.1. The zero-order chi connectivity index (χ0) is 15.2. The van der Waals surface area contributed by atoms with E-state index in [4.69, 9.17) is 5.73 Å². The molecule has 0 radical (unpaired) electrons. The van der Waals surface area contributed by atoms with E-state index in [9.17, 15) is 4.79 Å². The molecule has 2 unspecified atom stereocenters. The van der Waals surface area contributed by atoms with Crippen LogP contribution in [0.3, 0.4) is 0 Å². The molecule has 0 aromatic heterocycles. The van der Waals surface area contributed by atoms with E-state index in [2.05, 4.69) is 43.4 Å². The summed E-state index contributed by atoms with van der Waals surface area (Å²) in [4.78, 5) is 12.2. The number of hydrogen-bond donors (Lipinski definition) is 2. The molecule has 3 heteroatoms. The van der Waals surface area contributed by atoms with Gasteiger partial charge in [-0.2, -0.15) is 0 Å². The Labute approximate surface area is 128 Å². The van der Waals surface area contributed by atoms with Crippen LogP contribution in [0.2, 0.25) is 0 Å². The number of carbonyl (C=O) groups excluding carboxylic acids is 1. The molecule has 21 heavy (non-hydrogen) atoms.